The first kappa shape index (κ1) is 24.7. The van der Waals surface area contributed by atoms with Gasteiger partial charge < -0.3 is 30.9 Å². The van der Waals surface area contributed by atoms with E-state index >= 15 is 0 Å². The van der Waals surface area contributed by atoms with Gasteiger partial charge in [-0.2, -0.15) is 0 Å². The van der Waals surface area contributed by atoms with Gasteiger partial charge in [0.1, 0.15) is 18.1 Å². The topological polar surface area (TPSA) is 157 Å². The second kappa shape index (κ2) is 11.3. The zero-order chi connectivity index (χ0) is 24.0. The predicted octanol–water partition coefficient (Wildman–Crippen LogP) is -0.204. The van der Waals surface area contributed by atoms with E-state index in [1.807, 2.05) is 13.8 Å². The Labute approximate surface area is 193 Å². The fourth-order valence-corrected chi connectivity index (χ4v) is 4.43. The average Bonchev–Trinajstić information content (AvgIpc) is 3.57. The number of nitrogens with one attached hydrogen (secondary N) is 4. The van der Waals surface area contributed by atoms with Gasteiger partial charge >= 0.3 is 5.97 Å². The van der Waals surface area contributed by atoms with Crippen molar-refractivity contribution in [3.05, 3.63) is 18.2 Å². The van der Waals surface area contributed by atoms with E-state index in [-0.39, 0.29) is 30.2 Å². The molecule has 1 aromatic heterocycles. The number of hydrogen-bond donors (Lipinski definition) is 5. The van der Waals surface area contributed by atoms with Crippen molar-refractivity contribution in [2.24, 2.45) is 5.92 Å². The van der Waals surface area contributed by atoms with Gasteiger partial charge in [-0.05, 0) is 38.1 Å². The van der Waals surface area contributed by atoms with E-state index in [2.05, 4.69) is 25.9 Å². The number of carbonyl (C=O) groups excluding carboxylic acids is 3. The summed E-state index contributed by atoms with van der Waals surface area (Å²) in [5.74, 6) is -2.40. The van der Waals surface area contributed by atoms with E-state index in [0.29, 0.717) is 25.1 Å². The quantitative estimate of drug-likeness (QED) is 0.322. The van der Waals surface area contributed by atoms with E-state index in [1.54, 1.807) is 4.90 Å². The van der Waals surface area contributed by atoms with Crippen molar-refractivity contribution >= 4 is 23.7 Å². The average molecular weight is 463 g/mol. The van der Waals surface area contributed by atoms with Crippen LogP contribution in [0.15, 0.2) is 12.5 Å². The molecule has 0 radical (unpaired) electrons. The Morgan fingerprint density at radius 3 is 2.64 bits per heavy atom. The monoisotopic (exact) mass is 462 g/mol. The summed E-state index contributed by atoms with van der Waals surface area (Å²) in [5.41, 5.74) is 0.576. The number of likely N-dealkylation sites (tertiary alicyclic amines) is 1. The minimum Gasteiger partial charge on any atom is -0.480 e. The summed E-state index contributed by atoms with van der Waals surface area (Å²) in [6, 6.07) is -2.96. The molecule has 0 spiro atoms. The van der Waals surface area contributed by atoms with Crippen molar-refractivity contribution in [2.45, 2.75) is 76.5 Å². The molecule has 5 unspecified atom stereocenters. The zero-order valence-electron chi connectivity index (χ0n) is 19.2. The van der Waals surface area contributed by atoms with Crippen LogP contribution in [0.4, 0.5) is 0 Å². The van der Waals surface area contributed by atoms with E-state index in [4.69, 9.17) is 0 Å². The first-order valence-electron chi connectivity index (χ1n) is 11.7. The van der Waals surface area contributed by atoms with Crippen LogP contribution in [0.1, 0.15) is 51.6 Å². The van der Waals surface area contributed by atoms with Crippen molar-refractivity contribution in [3.63, 3.8) is 0 Å². The van der Waals surface area contributed by atoms with Crippen LogP contribution < -0.4 is 16.0 Å². The molecule has 0 aromatic carbocycles. The number of aromatic amines is 1. The Balaban J connectivity index is 1.67. The highest BCUT2D eigenvalue weighted by Gasteiger charge is 2.40. The van der Waals surface area contributed by atoms with Crippen LogP contribution in [-0.4, -0.2) is 80.9 Å². The van der Waals surface area contributed by atoms with Gasteiger partial charge in [0.15, 0.2) is 0 Å². The third-order valence-electron chi connectivity index (χ3n) is 6.58. The Morgan fingerprint density at radius 1 is 1.24 bits per heavy atom. The molecule has 2 aliphatic heterocycles. The number of rotatable bonds is 10. The number of imidazole rings is 1. The molecular formula is C22H34N6O5. The Hall–Kier alpha value is -2.95. The summed E-state index contributed by atoms with van der Waals surface area (Å²) in [4.78, 5) is 59.1. The first-order chi connectivity index (χ1) is 15.8. The van der Waals surface area contributed by atoms with Gasteiger partial charge in [-0.3, -0.25) is 14.4 Å². The molecule has 3 rings (SSSR count). The summed E-state index contributed by atoms with van der Waals surface area (Å²) in [5, 5.41) is 18.1. The summed E-state index contributed by atoms with van der Waals surface area (Å²) >= 11 is 0. The molecule has 33 heavy (non-hydrogen) atoms. The standard InChI is InChI=1S/C22H34N6O5/c1-3-13(2)18(20(30)26-16(22(32)33)10-14-11-23-12-25-14)27-19(29)17-7-5-9-28(17)21(31)15-6-4-8-24-15/h11-13,15-18,24H,3-10H2,1-2H3,(H,23,25)(H,26,30)(H,27,29)(H,32,33). The molecular weight excluding hydrogens is 428 g/mol. The number of aliphatic carboxylic acids is 1. The molecule has 3 amide bonds. The van der Waals surface area contributed by atoms with Gasteiger partial charge in [0.05, 0.1) is 12.4 Å². The molecule has 11 nitrogen and oxygen atoms in total. The molecule has 5 atom stereocenters. The molecule has 5 N–H and O–H groups in total. The van der Waals surface area contributed by atoms with Crippen LogP contribution in [-0.2, 0) is 25.6 Å². The van der Waals surface area contributed by atoms with Crippen molar-refractivity contribution in [1.82, 2.24) is 30.8 Å². The van der Waals surface area contributed by atoms with E-state index < -0.39 is 30.0 Å². The van der Waals surface area contributed by atoms with Gasteiger partial charge in [0.25, 0.3) is 0 Å². The third-order valence-corrected chi connectivity index (χ3v) is 6.58. The lowest BCUT2D eigenvalue weighted by molar-refractivity contribution is -0.143. The SMILES string of the molecule is CCC(C)C(NC(=O)C1CCCN1C(=O)C1CCCN1)C(=O)NC(Cc1cnc[nH]1)C(=O)O. The maximum atomic E-state index is 13.2. The predicted molar refractivity (Wildman–Crippen MR) is 119 cm³/mol. The molecule has 0 saturated carbocycles. The van der Waals surface area contributed by atoms with Gasteiger partial charge in [-0.25, -0.2) is 9.78 Å². The van der Waals surface area contributed by atoms with E-state index in [9.17, 15) is 24.3 Å². The van der Waals surface area contributed by atoms with Crippen LogP contribution in [0.2, 0.25) is 0 Å². The number of carboxylic acids is 1. The molecule has 2 fully saturated rings. The summed E-state index contributed by atoms with van der Waals surface area (Å²) in [6.45, 7) is 5.03. The second-order valence-electron chi connectivity index (χ2n) is 8.89. The zero-order valence-corrected chi connectivity index (χ0v) is 19.2. The van der Waals surface area contributed by atoms with E-state index in [0.717, 1.165) is 25.8 Å². The second-order valence-corrected chi connectivity index (χ2v) is 8.89. The van der Waals surface area contributed by atoms with Gasteiger partial charge in [-0.15, -0.1) is 0 Å². The molecule has 0 bridgehead atoms. The lowest BCUT2D eigenvalue weighted by Gasteiger charge is -2.30. The number of carboxylic acid groups (broad SMARTS) is 1. The molecule has 1 aromatic rings. The smallest absolute Gasteiger partial charge is 0.326 e. The Bertz CT molecular complexity index is 838. The third kappa shape index (κ3) is 6.10. The van der Waals surface area contributed by atoms with Crippen molar-refractivity contribution in [3.8, 4) is 0 Å². The molecule has 2 saturated heterocycles. The van der Waals surface area contributed by atoms with Crippen LogP contribution >= 0.6 is 0 Å². The van der Waals surface area contributed by atoms with Gasteiger partial charge in [0.2, 0.25) is 17.7 Å². The fraction of sp³-hybridized carbons (Fsp3) is 0.682. The number of hydrogen-bond acceptors (Lipinski definition) is 6. The number of carbonyl (C=O) groups is 4. The number of nitrogens with zero attached hydrogens (tertiary/aromatic N) is 2. The normalized spacial score (nSPS) is 23.0. The van der Waals surface area contributed by atoms with Crippen molar-refractivity contribution in [2.75, 3.05) is 13.1 Å². The summed E-state index contributed by atoms with van der Waals surface area (Å²) < 4.78 is 0. The van der Waals surface area contributed by atoms with Gasteiger partial charge in [-0.1, -0.05) is 20.3 Å². The largest absolute Gasteiger partial charge is 0.480 e. The number of amides is 3. The maximum Gasteiger partial charge on any atom is 0.326 e. The molecule has 0 aliphatic carbocycles. The minimum absolute atomic E-state index is 0.0432. The molecule has 182 valence electrons. The van der Waals surface area contributed by atoms with Crippen LogP contribution in [0.25, 0.3) is 0 Å². The fourth-order valence-electron chi connectivity index (χ4n) is 4.43. The molecule has 2 aliphatic rings. The molecule has 3 heterocycles. The highest BCUT2D eigenvalue weighted by Crippen LogP contribution is 2.21. The first-order valence-corrected chi connectivity index (χ1v) is 11.7. The Kier molecular flexibility index (Phi) is 8.43. The van der Waals surface area contributed by atoms with Crippen molar-refractivity contribution in [1.29, 1.82) is 0 Å². The lowest BCUT2D eigenvalue weighted by atomic mass is 9.97. The molecule has 11 heteroatoms. The summed E-state index contributed by atoms with van der Waals surface area (Å²) in [7, 11) is 0. The number of H-pyrrole nitrogens is 1. The highest BCUT2D eigenvalue weighted by atomic mass is 16.4. The maximum absolute atomic E-state index is 13.2. The minimum atomic E-state index is -1.18. The summed E-state index contributed by atoms with van der Waals surface area (Å²) in [6.07, 6.45) is 6.54. The van der Waals surface area contributed by atoms with Gasteiger partial charge in [0, 0.05) is 24.9 Å². The Morgan fingerprint density at radius 2 is 2.03 bits per heavy atom. The lowest BCUT2D eigenvalue weighted by Crippen LogP contribution is -2.58. The van der Waals surface area contributed by atoms with Crippen LogP contribution in [0.5, 0.6) is 0 Å². The van der Waals surface area contributed by atoms with Crippen molar-refractivity contribution < 1.29 is 24.3 Å². The number of aromatic nitrogens is 2. The van der Waals surface area contributed by atoms with Crippen LogP contribution in [0, 0.1) is 5.92 Å². The van der Waals surface area contributed by atoms with E-state index in [1.165, 1.54) is 12.5 Å². The van der Waals surface area contributed by atoms with Crippen LogP contribution in [0.3, 0.4) is 0 Å². The highest BCUT2D eigenvalue weighted by molar-refractivity contribution is 5.94.